The number of likely N-dealkylation sites (N-methyl/N-ethyl adjacent to an activating group) is 1. The fourth-order valence-electron chi connectivity index (χ4n) is 4.74. The Balaban J connectivity index is 1.42. The van der Waals surface area contributed by atoms with Crippen molar-refractivity contribution in [3.05, 3.63) is 70.9 Å². The van der Waals surface area contributed by atoms with Crippen molar-refractivity contribution < 1.29 is 9.59 Å². The summed E-state index contributed by atoms with van der Waals surface area (Å²) in [5, 5.41) is 10.8. The molecule has 3 amide bonds. The van der Waals surface area contributed by atoms with E-state index >= 15 is 0 Å². The van der Waals surface area contributed by atoms with Gasteiger partial charge in [-0.15, -0.1) is 0 Å². The standard InChI is InChI=1S/C29H39N7O2/c1-21-18-23(12-13-24(21)20-30-29(38)36-15-9-8-14-33(3)16-17-36)28(37)34(4)26-11-7-6-10-25(26)32-27-22(2)19-31-35(27)5/h6-7,10-13,18-19,32H,8-9,14-17,20H2,1-5H3,(H,30,38). The fraction of sp³-hybridized carbons (Fsp3) is 0.414. The molecule has 0 spiro atoms. The van der Waals surface area contributed by atoms with E-state index in [0.29, 0.717) is 12.1 Å². The maximum atomic E-state index is 13.5. The van der Waals surface area contributed by atoms with Crippen LogP contribution >= 0.6 is 0 Å². The van der Waals surface area contributed by atoms with E-state index in [0.717, 1.165) is 72.9 Å². The van der Waals surface area contributed by atoms with E-state index in [2.05, 4.69) is 27.7 Å². The molecule has 1 fully saturated rings. The van der Waals surface area contributed by atoms with Gasteiger partial charge in [0.1, 0.15) is 5.82 Å². The van der Waals surface area contributed by atoms with E-state index in [1.54, 1.807) is 22.8 Å². The molecule has 9 heteroatoms. The minimum atomic E-state index is -0.107. The van der Waals surface area contributed by atoms with E-state index < -0.39 is 0 Å². The van der Waals surface area contributed by atoms with Crippen molar-refractivity contribution in [3.8, 4) is 0 Å². The van der Waals surface area contributed by atoms with Crippen LogP contribution in [0.1, 0.15) is 39.9 Å². The third kappa shape index (κ3) is 6.34. The van der Waals surface area contributed by atoms with Crippen LogP contribution in [-0.2, 0) is 13.6 Å². The number of hydrogen-bond donors (Lipinski definition) is 2. The molecule has 2 aromatic carbocycles. The highest BCUT2D eigenvalue weighted by Crippen LogP contribution is 2.30. The lowest BCUT2D eigenvalue weighted by molar-refractivity contribution is 0.0993. The molecule has 3 aromatic rings. The average Bonchev–Trinajstić information content (AvgIpc) is 3.21. The molecule has 2 heterocycles. The van der Waals surface area contributed by atoms with Gasteiger partial charge in [-0.3, -0.25) is 9.48 Å². The van der Waals surface area contributed by atoms with E-state index in [9.17, 15) is 9.59 Å². The Hall–Kier alpha value is -3.85. The molecular weight excluding hydrogens is 478 g/mol. The smallest absolute Gasteiger partial charge is 0.317 e. The first-order valence-electron chi connectivity index (χ1n) is 13.2. The SMILES string of the molecule is Cc1cc(C(=O)N(C)c2ccccc2Nc2c(C)cnn2C)ccc1CNC(=O)N1CCCCN(C)CC1. The zero-order chi connectivity index (χ0) is 27.2. The van der Waals surface area contributed by atoms with Gasteiger partial charge in [0.15, 0.2) is 0 Å². The summed E-state index contributed by atoms with van der Waals surface area (Å²) in [5.41, 5.74) is 5.17. The Morgan fingerprint density at radius 3 is 2.47 bits per heavy atom. The monoisotopic (exact) mass is 517 g/mol. The van der Waals surface area contributed by atoms with Crippen molar-refractivity contribution in [1.82, 2.24) is 24.9 Å². The van der Waals surface area contributed by atoms with Crippen molar-refractivity contribution >= 4 is 29.1 Å². The molecule has 0 atom stereocenters. The van der Waals surface area contributed by atoms with Crippen LogP contribution in [0.25, 0.3) is 0 Å². The van der Waals surface area contributed by atoms with Gasteiger partial charge in [0.2, 0.25) is 0 Å². The lowest BCUT2D eigenvalue weighted by atomic mass is 10.0. The fourth-order valence-corrected chi connectivity index (χ4v) is 4.74. The number of carbonyl (C=O) groups is 2. The van der Waals surface area contributed by atoms with Gasteiger partial charge in [0.05, 0.1) is 17.6 Å². The largest absolute Gasteiger partial charge is 0.339 e. The van der Waals surface area contributed by atoms with Gasteiger partial charge in [-0.25, -0.2) is 4.79 Å². The van der Waals surface area contributed by atoms with Gasteiger partial charge >= 0.3 is 6.03 Å². The van der Waals surface area contributed by atoms with E-state index in [-0.39, 0.29) is 11.9 Å². The van der Waals surface area contributed by atoms with Crippen molar-refractivity contribution in [3.63, 3.8) is 0 Å². The number of amides is 3. The zero-order valence-electron chi connectivity index (χ0n) is 23.1. The summed E-state index contributed by atoms with van der Waals surface area (Å²) in [6, 6.07) is 13.4. The maximum absolute atomic E-state index is 13.5. The van der Waals surface area contributed by atoms with Crippen LogP contribution in [0.15, 0.2) is 48.7 Å². The van der Waals surface area contributed by atoms with E-state index in [1.807, 2.05) is 68.3 Å². The van der Waals surface area contributed by atoms with Crippen LogP contribution in [-0.4, -0.2) is 71.8 Å². The molecule has 0 radical (unpaired) electrons. The molecule has 0 aliphatic carbocycles. The van der Waals surface area contributed by atoms with Gasteiger partial charge in [-0.05, 0) is 75.7 Å². The van der Waals surface area contributed by atoms with E-state index in [1.165, 1.54) is 0 Å². The number of urea groups is 1. The lowest BCUT2D eigenvalue weighted by Crippen LogP contribution is -2.45. The Labute approximate surface area is 225 Å². The van der Waals surface area contributed by atoms with Gasteiger partial charge < -0.3 is 25.3 Å². The van der Waals surface area contributed by atoms with E-state index in [4.69, 9.17) is 0 Å². The highest BCUT2D eigenvalue weighted by Gasteiger charge is 2.19. The Kier molecular flexibility index (Phi) is 8.68. The predicted octanol–water partition coefficient (Wildman–Crippen LogP) is 4.29. The molecule has 1 aliphatic heterocycles. The summed E-state index contributed by atoms with van der Waals surface area (Å²) in [6.45, 7) is 7.89. The van der Waals surface area contributed by atoms with Crippen molar-refractivity contribution in [2.45, 2.75) is 33.2 Å². The van der Waals surface area contributed by atoms with Crippen molar-refractivity contribution in [2.75, 3.05) is 50.5 Å². The van der Waals surface area contributed by atoms with Crippen molar-refractivity contribution in [1.29, 1.82) is 0 Å². The first kappa shape index (κ1) is 27.2. The van der Waals surface area contributed by atoms with Crippen molar-refractivity contribution in [2.24, 2.45) is 7.05 Å². The molecular formula is C29H39N7O2. The number of benzene rings is 2. The zero-order valence-corrected chi connectivity index (χ0v) is 23.1. The first-order chi connectivity index (χ1) is 18.2. The second-order valence-corrected chi connectivity index (χ2v) is 10.1. The van der Waals surface area contributed by atoms with Gasteiger partial charge in [0, 0.05) is 51.4 Å². The molecule has 0 bridgehead atoms. The molecule has 38 heavy (non-hydrogen) atoms. The third-order valence-electron chi connectivity index (χ3n) is 7.22. The molecule has 4 rings (SSSR count). The second kappa shape index (κ2) is 12.1. The second-order valence-electron chi connectivity index (χ2n) is 10.1. The van der Waals surface area contributed by atoms with Crippen LogP contribution in [0.3, 0.4) is 0 Å². The maximum Gasteiger partial charge on any atom is 0.317 e. The van der Waals surface area contributed by atoms with Crippen LogP contribution in [0.4, 0.5) is 22.0 Å². The molecule has 0 unspecified atom stereocenters. The number of anilines is 3. The summed E-state index contributed by atoms with van der Waals surface area (Å²) in [5.74, 6) is 0.771. The molecule has 0 saturated carbocycles. The number of rotatable bonds is 6. The topological polar surface area (TPSA) is 85.7 Å². The average molecular weight is 518 g/mol. The van der Waals surface area contributed by atoms with Gasteiger partial charge in [0.25, 0.3) is 5.91 Å². The van der Waals surface area contributed by atoms with Crippen LogP contribution in [0.5, 0.6) is 0 Å². The number of para-hydroxylation sites is 2. The predicted molar refractivity (Wildman–Crippen MR) is 152 cm³/mol. The number of aromatic nitrogens is 2. The Bertz CT molecular complexity index is 1270. The van der Waals surface area contributed by atoms with Crippen LogP contribution in [0, 0.1) is 13.8 Å². The molecule has 1 aliphatic rings. The number of carbonyl (C=O) groups excluding carboxylic acids is 2. The van der Waals surface area contributed by atoms with Gasteiger partial charge in [-0.1, -0.05) is 18.2 Å². The minimum absolute atomic E-state index is 0.0349. The first-order valence-corrected chi connectivity index (χ1v) is 13.2. The summed E-state index contributed by atoms with van der Waals surface area (Å²) < 4.78 is 1.78. The lowest BCUT2D eigenvalue weighted by Gasteiger charge is -2.29. The number of nitrogens with zero attached hydrogens (tertiary/aromatic N) is 5. The molecule has 9 nitrogen and oxygen atoms in total. The summed E-state index contributed by atoms with van der Waals surface area (Å²) in [6.07, 6.45) is 3.93. The van der Waals surface area contributed by atoms with Crippen LogP contribution in [0.2, 0.25) is 0 Å². The number of hydrogen-bond acceptors (Lipinski definition) is 5. The Morgan fingerprint density at radius 2 is 1.74 bits per heavy atom. The summed E-state index contributed by atoms with van der Waals surface area (Å²) in [4.78, 5) is 32.1. The quantitative estimate of drug-likeness (QED) is 0.509. The highest BCUT2D eigenvalue weighted by molar-refractivity contribution is 6.07. The molecule has 1 aromatic heterocycles. The van der Waals surface area contributed by atoms with Crippen LogP contribution < -0.4 is 15.5 Å². The summed E-state index contributed by atoms with van der Waals surface area (Å²) in [7, 11) is 5.76. The summed E-state index contributed by atoms with van der Waals surface area (Å²) >= 11 is 0. The Morgan fingerprint density at radius 1 is 0.974 bits per heavy atom. The normalized spacial score (nSPS) is 14.5. The number of aryl methyl sites for hydroxylation is 3. The number of nitrogens with one attached hydrogen (secondary N) is 2. The van der Waals surface area contributed by atoms with Gasteiger partial charge in [-0.2, -0.15) is 5.10 Å². The highest BCUT2D eigenvalue weighted by atomic mass is 16.2. The third-order valence-corrected chi connectivity index (χ3v) is 7.22. The molecule has 2 N–H and O–H groups in total. The molecule has 1 saturated heterocycles. The minimum Gasteiger partial charge on any atom is -0.339 e. The molecule has 202 valence electrons.